The monoisotopic (exact) mass is 307 g/mol. The summed E-state index contributed by atoms with van der Waals surface area (Å²) >= 11 is 1.62. The zero-order valence-electron chi connectivity index (χ0n) is 11.9. The number of nitrogens with zero attached hydrogens (tertiary/aromatic N) is 3. The van der Waals surface area contributed by atoms with Crippen LogP contribution < -0.4 is 11.3 Å². The topological polar surface area (TPSA) is 97.3 Å². The maximum atomic E-state index is 10.9. The number of nitrogens with one attached hydrogen (secondary N) is 1. The van der Waals surface area contributed by atoms with Gasteiger partial charge in [-0.25, -0.2) is 4.98 Å². The van der Waals surface area contributed by atoms with Crippen LogP contribution in [0.15, 0.2) is 23.6 Å². The highest BCUT2D eigenvalue weighted by atomic mass is 32.1. The van der Waals surface area contributed by atoms with Gasteiger partial charge in [0.2, 0.25) is 0 Å². The van der Waals surface area contributed by atoms with Crippen LogP contribution in [0, 0.1) is 17.0 Å². The molecule has 0 aliphatic carbocycles. The molecule has 8 heteroatoms. The summed E-state index contributed by atoms with van der Waals surface area (Å²) in [5.41, 5.74) is 4.63. The fourth-order valence-electron chi connectivity index (χ4n) is 2.08. The molecule has 112 valence electrons. The molecule has 1 aromatic heterocycles. The number of nitro groups is 1. The SMILES string of the molecule is Cc1nc(CN(C)Cc2ccc([N+](=O)[O-])c(NN)c2)cs1. The van der Waals surface area contributed by atoms with E-state index in [1.807, 2.05) is 19.4 Å². The van der Waals surface area contributed by atoms with Gasteiger partial charge in [-0.1, -0.05) is 6.07 Å². The molecule has 3 N–H and O–H groups in total. The lowest BCUT2D eigenvalue weighted by atomic mass is 10.1. The van der Waals surface area contributed by atoms with Crippen molar-refractivity contribution >= 4 is 22.7 Å². The Balaban J connectivity index is 2.06. The van der Waals surface area contributed by atoms with Crippen LogP contribution in [0.1, 0.15) is 16.3 Å². The highest BCUT2D eigenvalue weighted by Crippen LogP contribution is 2.25. The fraction of sp³-hybridized carbons (Fsp3) is 0.308. The predicted molar refractivity (Wildman–Crippen MR) is 82.9 cm³/mol. The summed E-state index contributed by atoms with van der Waals surface area (Å²) in [7, 11) is 1.98. The van der Waals surface area contributed by atoms with Crippen LogP contribution in [0.3, 0.4) is 0 Å². The van der Waals surface area contributed by atoms with Gasteiger partial charge in [-0.3, -0.25) is 20.9 Å². The van der Waals surface area contributed by atoms with Crippen molar-refractivity contribution in [2.45, 2.75) is 20.0 Å². The molecule has 1 heterocycles. The van der Waals surface area contributed by atoms with E-state index in [0.29, 0.717) is 12.2 Å². The van der Waals surface area contributed by atoms with E-state index in [-0.39, 0.29) is 5.69 Å². The molecular weight excluding hydrogens is 290 g/mol. The van der Waals surface area contributed by atoms with Crippen LogP contribution in [-0.4, -0.2) is 21.9 Å². The van der Waals surface area contributed by atoms with Gasteiger partial charge >= 0.3 is 0 Å². The van der Waals surface area contributed by atoms with Crippen molar-refractivity contribution in [1.82, 2.24) is 9.88 Å². The Hall–Kier alpha value is -2.03. The normalized spacial score (nSPS) is 10.9. The number of thiazole rings is 1. The van der Waals surface area contributed by atoms with Crippen molar-refractivity contribution in [3.8, 4) is 0 Å². The number of hydrogen-bond donors (Lipinski definition) is 2. The van der Waals surface area contributed by atoms with E-state index < -0.39 is 4.92 Å². The molecule has 0 atom stereocenters. The number of benzene rings is 1. The van der Waals surface area contributed by atoms with E-state index in [9.17, 15) is 10.1 Å². The number of hydrazine groups is 1. The van der Waals surface area contributed by atoms with Gasteiger partial charge in [0.25, 0.3) is 5.69 Å². The molecule has 7 nitrogen and oxygen atoms in total. The van der Waals surface area contributed by atoms with Crippen LogP contribution in [0.4, 0.5) is 11.4 Å². The zero-order chi connectivity index (χ0) is 15.4. The number of anilines is 1. The Morgan fingerprint density at radius 3 is 2.81 bits per heavy atom. The van der Waals surface area contributed by atoms with E-state index in [0.717, 1.165) is 22.8 Å². The van der Waals surface area contributed by atoms with Crippen molar-refractivity contribution in [3.05, 3.63) is 50.0 Å². The minimum absolute atomic E-state index is 0.0287. The lowest BCUT2D eigenvalue weighted by molar-refractivity contribution is -0.384. The number of hydrogen-bond acceptors (Lipinski definition) is 7. The first-order valence-electron chi connectivity index (χ1n) is 6.33. The van der Waals surface area contributed by atoms with E-state index in [4.69, 9.17) is 5.84 Å². The molecule has 2 rings (SSSR count). The van der Waals surface area contributed by atoms with Crippen molar-refractivity contribution in [3.63, 3.8) is 0 Å². The van der Waals surface area contributed by atoms with Crippen LogP contribution in [-0.2, 0) is 13.1 Å². The molecule has 0 radical (unpaired) electrons. The summed E-state index contributed by atoms with van der Waals surface area (Å²) in [5, 5.41) is 13.9. The van der Waals surface area contributed by atoms with Crippen LogP contribution >= 0.6 is 11.3 Å². The number of aromatic nitrogens is 1. The first-order valence-corrected chi connectivity index (χ1v) is 7.21. The van der Waals surface area contributed by atoms with Gasteiger partial charge in [0.1, 0.15) is 5.69 Å². The quantitative estimate of drug-likeness (QED) is 0.483. The molecule has 0 amide bonds. The highest BCUT2D eigenvalue weighted by Gasteiger charge is 2.14. The molecule has 0 bridgehead atoms. The van der Waals surface area contributed by atoms with Gasteiger partial charge < -0.3 is 5.43 Å². The Morgan fingerprint density at radius 2 is 2.24 bits per heavy atom. The minimum atomic E-state index is -0.458. The maximum absolute atomic E-state index is 10.9. The largest absolute Gasteiger partial charge is 0.318 e. The number of nitrogens with two attached hydrogens (primary N) is 1. The van der Waals surface area contributed by atoms with Crippen molar-refractivity contribution < 1.29 is 4.92 Å². The molecule has 2 aromatic rings. The summed E-state index contributed by atoms with van der Waals surface area (Å²) < 4.78 is 0. The Kier molecular flexibility index (Phi) is 4.84. The first kappa shape index (κ1) is 15.4. The lowest BCUT2D eigenvalue weighted by Crippen LogP contribution is -2.18. The number of nitrogen functional groups attached to an aromatic ring is 1. The predicted octanol–water partition coefficient (Wildman–Crippen LogP) is 2.28. The highest BCUT2D eigenvalue weighted by molar-refractivity contribution is 7.09. The van der Waals surface area contributed by atoms with Crippen molar-refractivity contribution in [1.29, 1.82) is 0 Å². The Labute approximate surface area is 126 Å². The second kappa shape index (κ2) is 6.61. The first-order chi connectivity index (χ1) is 9.99. The van der Waals surface area contributed by atoms with Crippen LogP contribution in [0.25, 0.3) is 0 Å². The van der Waals surface area contributed by atoms with E-state index in [1.54, 1.807) is 23.5 Å². The zero-order valence-corrected chi connectivity index (χ0v) is 12.7. The molecule has 0 saturated heterocycles. The Morgan fingerprint density at radius 1 is 1.48 bits per heavy atom. The lowest BCUT2D eigenvalue weighted by Gasteiger charge is -2.16. The van der Waals surface area contributed by atoms with Gasteiger partial charge in [0.15, 0.2) is 0 Å². The average Bonchev–Trinajstić information content (AvgIpc) is 2.83. The molecule has 0 saturated carbocycles. The fourth-order valence-corrected chi connectivity index (χ4v) is 2.69. The van der Waals surface area contributed by atoms with Crippen molar-refractivity contribution in [2.24, 2.45) is 5.84 Å². The molecule has 0 aliphatic heterocycles. The number of rotatable bonds is 6. The molecule has 0 spiro atoms. The second-order valence-corrected chi connectivity index (χ2v) is 5.85. The van der Waals surface area contributed by atoms with Gasteiger partial charge in [-0.15, -0.1) is 11.3 Å². The van der Waals surface area contributed by atoms with Crippen molar-refractivity contribution in [2.75, 3.05) is 12.5 Å². The molecule has 1 aromatic carbocycles. The summed E-state index contributed by atoms with van der Waals surface area (Å²) in [6.07, 6.45) is 0. The summed E-state index contributed by atoms with van der Waals surface area (Å²) in [6.45, 7) is 3.36. The Bertz CT molecular complexity index is 643. The smallest absolute Gasteiger partial charge is 0.293 e. The molecule has 0 aliphatic rings. The second-order valence-electron chi connectivity index (χ2n) is 4.78. The summed E-state index contributed by atoms with van der Waals surface area (Å²) in [4.78, 5) is 16.9. The third kappa shape index (κ3) is 3.97. The van der Waals surface area contributed by atoms with Crippen LogP contribution in [0.2, 0.25) is 0 Å². The summed E-state index contributed by atoms with van der Waals surface area (Å²) in [6, 6.07) is 4.90. The number of aryl methyl sites for hydroxylation is 1. The minimum Gasteiger partial charge on any atom is -0.318 e. The van der Waals surface area contributed by atoms with Gasteiger partial charge in [-0.05, 0) is 25.6 Å². The summed E-state index contributed by atoms with van der Waals surface area (Å²) in [5.74, 6) is 5.34. The third-order valence-corrected chi connectivity index (χ3v) is 3.79. The molecule has 21 heavy (non-hydrogen) atoms. The molecule has 0 unspecified atom stereocenters. The molecular formula is C13H17N5O2S. The number of nitro benzene ring substituents is 1. The standard InChI is InChI=1S/C13H17N5O2S/c1-9-15-11(8-21-9)7-17(2)6-10-3-4-13(18(19)20)12(5-10)16-14/h3-5,8,16H,6-7,14H2,1-2H3. The third-order valence-electron chi connectivity index (χ3n) is 2.96. The van der Waals surface area contributed by atoms with E-state index in [1.165, 1.54) is 6.07 Å². The maximum Gasteiger partial charge on any atom is 0.293 e. The average molecular weight is 307 g/mol. The van der Waals surface area contributed by atoms with E-state index in [2.05, 4.69) is 15.3 Å². The van der Waals surface area contributed by atoms with Gasteiger partial charge in [0.05, 0.1) is 15.6 Å². The van der Waals surface area contributed by atoms with E-state index >= 15 is 0 Å². The van der Waals surface area contributed by atoms with Gasteiger partial charge in [0, 0.05) is 24.5 Å². The molecule has 0 fully saturated rings. The van der Waals surface area contributed by atoms with Crippen LogP contribution in [0.5, 0.6) is 0 Å². The van der Waals surface area contributed by atoms with Gasteiger partial charge in [-0.2, -0.15) is 0 Å².